The first-order valence-electron chi connectivity index (χ1n) is 4.73. The summed E-state index contributed by atoms with van der Waals surface area (Å²) in [6.07, 6.45) is -4.81. The summed E-state index contributed by atoms with van der Waals surface area (Å²) in [5.74, 6) is -2.04. The second-order valence-corrected chi connectivity index (χ2v) is 3.34. The van der Waals surface area contributed by atoms with Gasteiger partial charge in [0, 0.05) is 0 Å². The molecular formula is C10H6F4N2O2. The fraction of sp³-hybridized carbons (Fsp3) is 0.200. The summed E-state index contributed by atoms with van der Waals surface area (Å²) in [5, 5.41) is 12.0. The Morgan fingerprint density at radius 3 is 2.56 bits per heavy atom. The maximum Gasteiger partial charge on any atom is 0.419 e. The van der Waals surface area contributed by atoms with Gasteiger partial charge in [0.2, 0.25) is 0 Å². The molecule has 0 amide bonds. The Balaban J connectivity index is 2.52. The van der Waals surface area contributed by atoms with E-state index >= 15 is 0 Å². The van der Waals surface area contributed by atoms with Gasteiger partial charge >= 0.3 is 6.18 Å². The van der Waals surface area contributed by atoms with Gasteiger partial charge in [0.05, 0.1) is 11.1 Å². The Bertz CT molecular complexity index is 565. The minimum absolute atomic E-state index is 0.137. The van der Waals surface area contributed by atoms with Gasteiger partial charge in [0.15, 0.2) is 5.82 Å². The molecule has 0 aliphatic heterocycles. The average Bonchev–Trinajstić information content (AvgIpc) is 2.76. The van der Waals surface area contributed by atoms with Gasteiger partial charge in [-0.2, -0.15) is 18.2 Å². The molecule has 8 heteroatoms. The van der Waals surface area contributed by atoms with E-state index in [1.54, 1.807) is 0 Å². The number of hydrogen-bond acceptors (Lipinski definition) is 4. The minimum atomic E-state index is -4.81. The molecule has 2 aromatic rings. The molecule has 0 unspecified atom stereocenters. The standard InChI is InChI=1S/C10H6F4N2O2/c11-8-5(9-15-7(4-17)16-18-9)2-1-3-6(8)10(12,13)14/h1-3,17H,4H2. The van der Waals surface area contributed by atoms with E-state index in [9.17, 15) is 17.6 Å². The zero-order valence-corrected chi connectivity index (χ0v) is 8.70. The first kappa shape index (κ1) is 12.5. The van der Waals surface area contributed by atoms with E-state index in [2.05, 4.69) is 14.7 Å². The molecule has 1 aromatic heterocycles. The zero-order valence-electron chi connectivity index (χ0n) is 8.70. The van der Waals surface area contributed by atoms with Crippen molar-refractivity contribution in [2.45, 2.75) is 12.8 Å². The molecule has 0 fully saturated rings. The summed E-state index contributed by atoms with van der Waals surface area (Å²) in [4.78, 5) is 3.55. The highest BCUT2D eigenvalue weighted by Gasteiger charge is 2.35. The Morgan fingerprint density at radius 2 is 2.00 bits per heavy atom. The van der Waals surface area contributed by atoms with E-state index in [0.29, 0.717) is 6.07 Å². The molecular weight excluding hydrogens is 256 g/mol. The van der Waals surface area contributed by atoms with Crippen LogP contribution >= 0.6 is 0 Å². The Hall–Kier alpha value is -1.96. The molecule has 1 aromatic carbocycles. The van der Waals surface area contributed by atoms with E-state index in [1.807, 2.05) is 0 Å². The van der Waals surface area contributed by atoms with Crippen LogP contribution in [0.15, 0.2) is 22.7 Å². The summed E-state index contributed by atoms with van der Waals surface area (Å²) in [7, 11) is 0. The maximum atomic E-state index is 13.7. The zero-order chi connectivity index (χ0) is 13.3. The predicted molar refractivity (Wildman–Crippen MR) is 50.6 cm³/mol. The number of alkyl halides is 3. The number of halogens is 4. The van der Waals surface area contributed by atoms with Gasteiger partial charge in [-0.15, -0.1) is 0 Å². The number of aliphatic hydroxyl groups is 1. The normalized spacial score (nSPS) is 11.8. The lowest BCUT2D eigenvalue weighted by Crippen LogP contribution is -2.08. The van der Waals surface area contributed by atoms with Crippen LogP contribution in [0.25, 0.3) is 11.5 Å². The second-order valence-electron chi connectivity index (χ2n) is 3.34. The predicted octanol–water partition coefficient (Wildman–Crippen LogP) is 2.39. The van der Waals surface area contributed by atoms with Crippen LogP contribution in [0.4, 0.5) is 17.6 Å². The Labute approximate surface area is 97.9 Å². The summed E-state index contributed by atoms with van der Waals surface area (Å²) in [6, 6.07) is 2.73. The van der Waals surface area contributed by atoms with Crippen molar-refractivity contribution in [2.75, 3.05) is 0 Å². The van der Waals surface area contributed by atoms with Crippen LogP contribution in [0.1, 0.15) is 11.4 Å². The molecule has 96 valence electrons. The summed E-state index contributed by atoms with van der Waals surface area (Å²) >= 11 is 0. The van der Waals surface area contributed by atoms with Crippen LogP contribution in [0.5, 0.6) is 0 Å². The average molecular weight is 262 g/mol. The van der Waals surface area contributed by atoms with Gasteiger partial charge in [0.1, 0.15) is 12.4 Å². The van der Waals surface area contributed by atoms with Crippen molar-refractivity contribution >= 4 is 0 Å². The molecule has 0 atom stereocenters. The number of benzene rings is 1. The van der Waals surface area contributed by atoms with E-state index in [1.165, 1.54) is 0 Å². The highest BCUT2D eigenvalue weighted by atomic mass is 19.4. The molecule has 0 radical (unpaired) electrons. The molecule has 0 aliphatic carbocycles. The molecule has 0 saturated carbocycles. The fourth-order valence-electron chi connectivity index (χ4n) is 1.34. The quantitative estimate of drug-likeness (QED) is 0.844. The van der Waals surface area contributed by atoms with Crippen molar-refractivity contribution in [1.82, 2.24) is 10.1 Å². The van der Waals surface area contributed by atoms with Gasteiger partial charge in [-0.25, -0.2) is 4.39 Å². The van der Waals surface area contributed by atoms with Crippen LogP contribution < -0.4 is 0 Å². The maximum absolute atomic E-state index is 13.7. The third kappa shape index (κ3) is 2.19. The van der Waals surface area contributed by atoms with Crippen LogP contribution in [-0.4, -0.2) is 15.2 Å². The second kappa shape index (κ2) is 4.37. The van der Waals surface area contributed by atoms with Gasteiger partial charge < -0.3 is 9.63 Å². The molecule has 18 heavy (non-hydrogen) atoms. The summed E-state index contributed by atoms with van der Waals surface area (Å²) in [5.41, 5.74) is -1.87. The van der Waals surface area contributed by atoms with E-state index < -0.39 is 35.6 Å². The SMILES string of the molecule is OCc1noc(-c2cccc(C(F)(F)F)c2F)n1. The summed E-state index contributed by atoms with van der Waals surface area (Å²) in [6.45, 7) is -0.552. The van der Waals surface area contributed by atoms with Gasteiger partial charge in [-0.05, 0) is 12.1 Å². The number of hydrogen-bond donors (Lipinski definition) is 1. The Kier molecular flexibility index (Phi) is 3.04. The number of aromatic nitrogens is 2. The van der Waals surface area contributed by atoms with Crippen molar-refractivity contribution in [3.63, 3.8) is 0 Å². The first-order valence-corrected chi connectivity index (χ1v) is 4.73. The lowest BCUT2D eigenvalue weighted by atomic mass is 10.1. The van der Waals surface area contributed by atoms with Crippen LogP contribution in [-0.2, 0) is 12.8 Å². The third-order valence-electron chi connectivity index (χ3n) is 2.14. The highest BCUT2D eigenvalue weighted by Crippen LogP contribution is 2.34. The molecule has 1 heterocycles. The smallest absolute Gasteiger partial charge is 0.388 e. The third-order valence-corrected chi connectivity index (χ3v) is 2.14. The fourth-order valence-corrected chi connectivity index (χ4v) is 1.34. The number of nitrogens with zero attached hydrogens (tertiary/aromatic N) is 2. The van der Waals surface area contributed by atoms with Gasteiger partial charge in [-0.3, -0.25) is 0 Å². The van der Waals surface area contributed by atoms with Crippen molar-refractivity contribution in [1.29, 1.82) is 0 Å². The van der Waals surface area contributed by atoms with Crippen LogP contribution in [0, 0.1) is 5.82 Å². The molecule has 0 spiro atoms. The molecule has 2 rings (SSSR count). The lowest BCUT2D eigenvalue weighted by molar-refractivity contribution is -0.139. The molecule has 0 aliphatic rings. The molecule has 4 nitrogen and oxygen atoms in total. The lowest BCUT2D eigenvalue weighted by Gasteiger charge is -2.08. The van der Waals surface area contributed by atoms with Gasteiger partial charge in [-0.1, -0.05) is 11.2 Å². The molecule has 0 bridgehead atoms. The number of rotatable bonds is 2. The van der Waals surface area contributed by atoms with Crippen LogP contribution in [0.2, 0.25) is 0 Å². The summed E-state index contributed by atoms with van der Waals surface area (Å²) < 4.78 is 55.6. The molecule has 1 N–H and O–H groups in total. The van der Waals surface area contributed by atoms with Crippen LogP contribution in [0.3, 0.4) is 0 Å². The van der Waals surface area contributed by atoms with Crippen molar-refractivity contribution in [3.8, 4) is 11.5 Å². The largest absolute Gasteiger partial charge is 0.419 e. The molecule has 0 saturated heterocycles. The van der Waals surface area contributed by atoms with E-state index in [0.717, 1.165) is 12.1 Å². The monoisotopic (exact) mass is 262 g/mol. The van der Waals surface area contributed by atoms with Crippen molar-refractivity contribution < 1.29 is 27.2 Å². The number of aliphatic hydroxyl groups excluding tert-OH is 1. The van der Waals surface area contributed by atoms with E-state index in [4.69, 9.17) is 5.11 Å². The highest BCUT2D eigenvalue weighted by molar-refractivity contribution is 5.55. The van der Waals surface area contributed by atoms with Gasteiger partial charge in [0.25, 0.3) is 5.89 Å². The van der Waals surface area contributed by atoms with Crippen molar-refractivity contribution in [2.24, 2.45) is 0 Å². The minimum Gasteiger partial charge on any atom is -0.388 e. The topological polar surface area (TPSA) is 59.2 Å². The van der Waals surface area contributed by atoms with Crippen molar-refractivity contribution in [3.05, 3.63) is 35.4 Å². The first-order chi connectivity index (χ1) is 8.43. The van der Waals surface area contributed by atoms with E-state index in [-0.39, 0.29) is 5.82 Å². The Morgan fingerprint density at radius 1 is 1.28 bits per heavy atom.